The lowest BCUT2D eigenvalue weighted by Gasteiger charge is -2.15. The van der Waals surface area contributed by atoms with Crippen LogP contribution in [0.5, 0.6) is 0 Å². The van der Waals surface area contributed by atoms with Crippen LogP contribution in [0.4, 0.5) is 5.69 Å². The third-order valence-electron chi connectivity index (χ3n) is 2.78. The minimum atomic E-state index is 0.844. The van der Waals surface area contributed by atoms with Crippen molar-refractivity contribution in [2.45, 2.75) is 6.92 Å². The number of aromatic nitrogens is 1. The lowest BCUT2D eigenvalue weighted by atomic mass is 10.3. The molecule has 2 aromatic rings. The fraction of sp³-hybridized carbons (Fsp3) is 0.200. The first-order valence-corrected chi connectivity index (χ1v) is 6.12. The van der Waals surface area contributed by atoms with Crippen LogP contribution in [0.2, 0.25) is 0 Å². The lowest BCUT2D eigenvalue weighted by molar-refractivity contribution is -0.672. The van der Waals surface area contributed by atoms with Gasteiger partial charge in [-0.25, -0.2) is 4.57 Å². The summed E-state index contributed by atoms with van der Waals surface area (Å²) in [5.41, 5.74) is 2.18. The van der Waals surface area contributed by atoms with E-state index in [1.54, 1.807) is 0 Å². The van der Waals surface area contributed by atoms with Crippen LogP contribution >= 0.6 is 0 Å². The van der Waals surface area contributed by atoms with E-state index in [0.29, 0.717) is 0 Å². The van der Waals surface area contributed by atoms with Crippen LogP contribution in [0.1, 0.15) is 12.6 Å². The van der Waals surface area contributed by atoms with Crippen LogP contribution in [0.3, 0.4) is 0 Å². The van der Waals surface area contributed by atoms with Crippen LogP contribution in [-0.4, -0.2) is 12.8 Å². The maximum absolute atomic E-state index is 4.53. The molecule has 1 aromatic heterocycles. The minimum Gasteiger partial charge on any atom is -0.266 e. The minimum absolute atomic E-state index is 0.844. The number of benzene rings is 1. The van der Waals surface area contributed by atoms with Crippen molar-refractivity contribution in [3.8, 4) is 0 Å². The van der Waals surface area contributed by atoms with Gasteiger partial charge in [-0.2, -0.15) is 5.10 Å². The fourth-order valence-corrected chi connectivity index (χ4v) is 1.73. The molecule has 0 spiro atoms. The Morgan fingerprint density at radius 2 is 1.83 bits per heavy atom. The van der Waals surface area contributed by atoms with Gasteiger partial charge in [-0.15, -0.1) is 0 Å². The smallest absolute Gasteiger partial charge is 0.225 e. The third kappa shape index (κ3) is 2.94. The van der Waals surface area contributed by atoms with E-state index in [4.69, 9.17) is 0 Å². The number of nitrogens with zero attached hydrogens (tertiary/aromatic N) is 3. The molecule has 92 valence electrons. The van der Waals surface area contributed by atoms with Gasteiger partial charge in [0.15, 0.2) is 6.20 Å². The Bertz CT molecular complexity index is 520. The Morgan fingerprint density at radius 1 is 1.11 bits per heavy atom. The van der Waals surface area contributed by atoms with Crippen molar-refractivity contribution in [2.75, 3.05) is 11.6 Å². The monoisotopic (exact) mass is 240 g/mol. The molecular weight excluding hydrogens is 222 g/mol. The summed E-state index contributed by atoms with van der Waals surface area (Å²) in [6.07, 6.45) is 3.90. The second kappa shape index (κ2) is 5.96. The van der Waals surface area contributed by atoms with Crippen molar-refractivity contribution in [3.63, 3.8) is 0 Å². The van der Waals surface area contributed by atoms with Crippen molar-refractivity contribution in [2.24, 2.45) is 12.1 Å². The SMILES string of the molecule is CCN(N=Cc1cccc[n+]1C)c1ccccc1. The van der Waals surface area contributed by atoms with Gasteiger partial charge in [0, 0.05) is 18.7 Å². The first kappa shape index (κ1) is 12.3. The van der Waals surface area contributed by atoms with Gasteiger partial charge in [-0.1, -0.05) is 18.2 Å². The van der Waals surface area contributed by atoms with E-state index < -0.39 is 0 Å². The molecule has 0 aliphatic carbocycles. The molecule has 3 nitrogen and oxygen atoms in total. The van der Waals surface area contributed by atoms with E-state index in [0.717, 1.165) is 17.9 Å². The van der Waals surface area contributed by atoms with Crippen molar-refractivity contribution < 1.29 is 4.57 Å². The highest BCUT2D eigenvalue weighted by Gasteiger charge is 2.03. The fourth-order valence-electron chi connectivity index (χ4n) is 1.73. The second-order valence-corrected chi connectivity index (χ2v) is 4.03. The largest absolute Gasteiger partial charge is 0.266 e. The van der Waals surface area contributed by atoms with E-state index in [2.05, 4.69) is 24.2 Å². The average molecular weight is 240 g/mol. The summed E-state index contributed by atoms with van der Waals surface area (Å²) in [4.78, 5) is 0. The first-order valence-electron chi connectivity index (χ1n) is 6.12. The summed E-state index contributed by atoms with van der Waals surface area (Å²) >= 11 is 0. The normalized spacial score (nSPS) is 10.8. The molecule has 2 rings (SSSR count). The number of pyridine rings is 1. The predicted octanol–water partition coefficient (Wildman–Crippen LogP) is 2.37. The molecule has 0 fully saturated rings. The molecule has 1 heterocycles. The predicted molar refractivity (Wildman–Crippen MR) is 74.7 cm³/mol. The van der Waals surface area contributed by atoms with Gasteiger partial charge in [0.25, 0.3) is 0 Å². The molecule has 0 N–H and O–H groups in total. The molecule has 0 atom stereocenters. The number of anilines is 1. The van der Waals surface area contributed by atoms with E-state index in [1.165, 1.54) is 0 Å². The first-order chi connectivity index (χ1) is 8.81. The third-order valence-corrected chi connectivity index (χ3v) is 2.78. The molecule has 0 radical (unpaired) electrons. The van der Waals surface area contributed by atoms with Crippen molar-refractivity contribution >= 4 is 11.9 Å². The molecule has 0 bridgehead atoms. The molecule has 1 aromatic carbocycles. The zero-order valence-corrected chi connectivity index (χ0v) is 10.8. The maximum Gasteiger partial charge on any atom is 0.225 e. The number of rotatable bonds is 4. The summed E-state index contributed by atoms with van der Waals surface area (Å²) < 4.78 is 2.04. The number of para-hydroxylation sites is 1. The van der Waals surface area contributed by atoms with Gasteiger partial charge in [0.2, 0.25) is 5.69 Å². The van der Waals surface area contributed by atoms with E-state index in [-0.39, 0.29) is 0 Å². The quantitative estimate of drug-likeness (QED) is 0.456. The Labute approximate surface area is 108 Å². The Kier molecular flexibility index (Phi) is 4.07. The van der Waals surface area contributed by atoms with Crippen LogP contribution in [-0.2, 0) is 7.05 Å². The van der Waals surface area contributed by atoms with E-state index in [1.807, 2.05) is 65.4 Å². The topological polar surface area (TPSA) is 19.5 Å². The van der Waals surface area contributed by atoms with Crippen molar-refractivity contribution in [1.29, 1.82) is 0 Å². The molecule has 0 aliphatic rings. The van der Waals surface area contributed by atoms with Crippen molar-refractivity contribution in [1.82, 2.24) is 0 Å². The standard InChI is InChI=1S/C15H18N3/c1-3-18(14-9-5-4-6-10-14)16-13-15-11-7-8-12-17(15)2/h4-13H,3H2,1-2H3/q+1. The highest BCUT2D eigenvalue weighted by Crippen LogP contribution is 2.12. The van der Waals surface area contributed by atoms with Gasteiger partial charge in [0.1, 0.15) is 13.3 Å². The van der Waals surface area contributed by atoms with E-state index in [9.17, 15) is 0 Å². The molecule has 0 aliphatic heterocycles. The van der Waals surface area contributed by atoms with Crippen molar-refractivity contribution in [3.05, 3.63) is 60.4 Å². The summed E-state index contributed by atoms with van der Waals surface area (Å²) in [5.74, 6) is 0. The summed E-state index contributed by atoms with van der Waals surface area (Å²) in [5, 5.41) is 6.51. The number of hydrogen-bond donors (Lipinski definition) is 0. The zero-order valence-electron chi connectivity index (χ0n) is 10.8. The average Bonchev–Trinajstić information content (AvgIpc) is 2.42. The van der Waals surface area contributed by atoms with Crippen LogP contribution in [0.25, 0.3) is 0 Å². The zero-order chi connectivity index (χ0) is 12.8. The molecular formula is C15H18N3+. The van der Waals surface area contributed by atoms with Gasteiger partial charge >= 0.3 is 0 Å². The van der Waals surface area contributed by atoms with Crippen LogP contribution in [0, 0.1) is 0 Å². The Balaban J connectivity index is 2.19. The maximum atomic E-state index is 4.53. The molecule has 3 heteroatoms. The number of hydrogen-bond acceptors (Lipinski definition) is 2. The summed E-state index contributed by atoms with van der Waals surface area (Å²) in [6.45, 7) is 2.94. The van der Waals surface area contributed by atoms with E-state index >= 15 is 0 Å². The molecule has 0 saturated heterocycles. The molecule has 0 saturated carbocycles. The second-order valence-electron chi connectivity index (χ2n) is 4.03. The van der Waals surface area contributed by atoms with Gasteiger partial charge < -0.3 is 0 Å². The summed E-state index contributed by atoms with van der Waals surface area (Å²) in [6, 6.07) is 16.2. The molecule has 0 unspecified atom stereocenters. The van der Waals surface area contributed by atoms with Gasteiger partial charge in [-0.05, 0) is 25.1 Å². The lowest BCUT2D eigenvalue weighted by Crippen LogP contribution is -2.33. The Hall–Kier alpha value is -2.16. The Morgan fingerprint density at radius 3 is 2.50 bits per heavy atom. The summed E-state index contributed by atoms with van der Waals surface area (Å²) in [7, 11) is 2.01. The highest BCUT2D eigenvalue weighted by atomic mass is 15.4. The number of aryl methyl sites for hydroxylation is 1. The molecule has 18 heavy (non-hydrogen) atoms. The number of hydrazone groups is 1. The van der Waals surface area contributed by atoms with Crippen LogP contribution < -0.4 is 9.58 Å². The highest BCUT2D eigenvalue weighted by molar-refractivity contribution is 5.76. The van der Waals surface area contributed by atoms with Crippen LogP contribution in [0.15, 0.2) is 59.8 Å². The van der Waals surface area contributed by atoms with Gasteiger partial charge in [0.05, 0.1) is 5.69 Å². The molecule has 0 amide bonds. The van der Waals surface area contributed by atoms with Gasteiger partial charge in [-0.3, -0.25) is 5.01 Å².